The largest absolute Gasteiger partial charge is 0.299 e. The SMILES string of the molecule is CCC#CCC1C(=O)CCC1CC#N. The standard InChI is InChI=1S/C12H15NO/c1-2-3-4-5-11-10(8-9-13)6-7-12(11)14/h10-11H,2,5-8H2,1H3. The summed E-state index contributed by atoms with van der Waals surface area (Å²) < 4.78 is 0. The summed E-state index contributed by atoms with van der Waals surface area (Å²) in [6, 6.07) is 2.15. The number of nitrogens with zero attached hydrogens (tertiary/aromatic N) is 1. The van der Waals surface area contributed by atoms with Gasteiger partial charge in [-0.2, -0.15) is 5.26 Å². The highest BCUT2D eigenvalue weighted by Gasteiger charge is 2.33. The normalized spacial score (nSPS) is 25.3. The summed E-state index contributed by atoms with van der Waals surface area (Å²) in [6.45, 7) is 2.00. The molecule has 14 heavy (non-hydrogen) atoms. The molecule has 0 bridgehead atoms. The Bertz CT molecular complexity index is 303. The van der Waals surface area contributed by atoms with Crippen molar-refractivity contribution in [2.75, 3.05) is 0 Å². The van der Waals surface area contributed by atoms with Crippen molar-refractivity contribution in [1.29, 1.82) is 5.26 Å². The molecule has 2 heteroatoms. The molecule has 0 aromatic heterocycles. The van der Waals surface area contributed by atoms with Crippen LogP contribution in [0.2, 0.25) is 0 Å². The molecular formula is C12H15NO. The summed E-state index contributed by atoms with van der Waals surface area (Å²) in [7, 11) is 0. The fourth-order valence-electron chi connectivity index (χ4n) is 1.93. The summed E-state index contributed by atoms with van der Waals surface area (Å²) in [5.41, 5.74) is 0. The quantitative estimate of drug-likeness (QED) is 0.625. The van der Waals surface area contributed by atoms with E-state index in [4.69, 9.17) is 5.26 Å². The van der Waals surface area contributed by atoms with Gasteiger partial charge in [0.1, 0.15) is 5.78 Å². The molecule has 0 heterocycles. The molecule has 2 unspecified atom stereocenters. The molecule has 74 valence electrons. The predicted octanol–water partition coefficient (Wildman–Crippen LogP) is 2.30. The van der Waals surface area contributed by atoms with Gasteiger partial charge in [0.2, 0.25) is 0 Å². The Labute approximate surface area is 85.3 Å². The van der Waals surface area contributed by atoms with Crippen LogP contribution in [0.3, 0.4) is 0 Å². The molecule has 0 radical (unpaired) electrons. The van der Waals surface area contributed by atoms with Crippen molar-refractivity contribution in [2.45, 2.75) is 39.0 Å². The van der Waals surface area contributed by atoms with Crippen molar-refractivity contribution in [1.82, 2.24) is 0 Å². The first-order valence-corrected chi connectivity index (χ1v) is 5.15. The number of rotatable bonds is 2. The summed E-state index contributed by atoms with van der Waals surface area (Å²) in [4.78, 5) is 11.5. The number of ketones is 1. The highest BCUT2D eigenvalue weighted by molar-refractivity contribution is 5.83. The average molecular weight is 189 g/mol. The Morgan fingerprint density at radius 3 is 2.86 bits per heavy atom. The van der Waals surface area contributed by atoms with E-state index in [0.717, 1.165) is 12.8 Å². The van der Waals surface area contributed by atoms with Gasteiger partial charge in [0.15, 0.2) is 0 Å². The average Bonchev–Trinajstić information content (AvgIpc) is 2.50. The van der Waals surface area contributed by atoms with Crippen molar-refractivity contribution in [2.24, 2.45) is 11.8 Å². The minimum absolute atomic E-state index is 0.0358. The van der Waals surface area contributed by atoms with Crippen molar-refractivity contribution < 1.29 is 4.79 Å². The van der Waals surface area contributed by atoms with Gasteiger partial charge in [-0.25, -0.2) is 0 Å². The zero-order chi connectivity index (χ0) is 10.4. The van der Waals surface area contributed by atoms with E-state index in [2.05, 4.69) is 17.9 Å². The number of nitriles is 1. The molecular weight excluding hydrogens is 174 g/mol. The Kier molecular flexibility index (Phi) is 4.20. The van der Waals surface area contributed by atoms with Crippen LogP contribution in [0.15, 0.2) is 0 Å². The van der Waals surface area contributed by atoms with Gasteiger partial charge >= 0.3 is 0 Å². The van der Waals surface area contributed by atoms with Crippen molar-refractivity contribution in [3.8, 4) is 17.9 Å². The van der Waals surface area contributed by atoms with E-state index in [1.165, 1.54) is 0 Å². The lowest BCUT2D eigenvalue weighted by Gasteiger charge is -2.11. The van der Waals surface area contributed by atoms with Crippen LogP contribution >= 0.6 is 0 Å². The van der Waals surface area contributed by atoms with E-state index in [1.807, 2.05) is 6.92 Å². The van der Waals surface area contributed by atoms with Crippen molar-refractivity contribution in [3.05, 3.63) is 0 Å². The van der Waals surface area contributed by atoms with E-state index in [0.29, 0.717) is 25.0 Å². The fraction of sp³-hybridized carbons (Fsp3) is 0.667. The molecule has 0 spiro atoms. The molecule has 0 N–H and O–H groups in total. The fourth-order valence-corrected chi connectivity index (χ4v) is 1.93. The molecule has 0 aromatic carbocycles. The van der Waals surface area contributed by atoms with Crippen LogP contribution in [0.5, 0.6) is 0 Å². The van der Waals surface area contributed by atoms with Crippen LogP contribution in [0, 0.1) is 35.0 Å². The molecule has 1 aliphatic carbocycles. The summed E-state index contributed by atoms with van der Waals surface area (Å²) in [5, 5.41) is 8.60. The first kappa shape index (κ1) is 10.8. The summed E-state index contributed by atoms with van der Waals surface area (Å²) >= 11 is 0. The second-order valence-corrected chi connectivity index (χ2v) is 3.65. The van der Waals surface area contributed by atoms with E-state index in [1.54, 1.807) is 0 Å². The molecule has 1 rings (SSSR count). The number of carbonyl (C=O) groups is 1. The number of carbonyl (C=O) groups excluding carboxylic acids is 1. The first-order chi connectivity index (χ1) is 6.79. The Hall–Kier alpha value is -1.28. The van der Waals surface area contributed by atoms with Crippen LogP contribution in [0.25, 0.3) is 0 Å². The van der Waals surface area contributed by atoms with E-state index >= 15 is 0 Å². The van der Waals surface area contributed by atoms with Gasteiger partial charge in [-0.15, -0.1) is 11.8 Å². The second kappa shape index (κ2) is 5.45. The molecule has 2 nitrogen and oxygen atoms in total. The third-order valence-corrected chi connectivity index (χ3v) is 2.72. The maximum Gasteiger partial charge on any atom is 0.137 e. The van der Waals surface area contributed by atoms with E-state index in [-0.39, 0.29) is 11.8 Å². The lowest BCUT2D eigenvalue weighted by molar-refractivity contribution is -0.121. The van der Waals surface area contributed by atoms with Crippen LogP contribution in [0.4, 0.5) is 0 Å². The van der Waals surface area contributed by atoms with Crippen molar-refractivity contribution in [3.63, 3.8) is 0 Å². The van der Waals surface area contributed by atoms with Gasteiger partial charge in [-0.05, 0) is 12.3 Å². The van der Waals surface area contributed by atoms with Gasteiger partial charge in [0.05, 0.1) is 6.07 Å². The molecule has 0 aromatic rings. The zero-order valence-electron chi connectivity index (χ0n) is 8.55. The first-order valence-electron chi connectivity index (χ1n) is 5.15. The molecule has 1 aliphatic rings. The lowest BCUT2D eigenvalue weighted by Crippen LogP contribution is -2.13. The van der Waals surface area contributed by atoms with Crippen molar-refractivity contribution >= 4 is 5.78 Å². The molecule has 0 aliphatic heterocycles. The smallest absolute Gasteiger partial charge is 0.137 e. The highest BCUT2D eigenvalue weighted by Crippen LogP contribution is 2.33. The lowest BCUT2D eigenvalue weighted by atomic mass is 9.90. The van der Waals surface area contributed by atoms with E-state index < -0.39 is 0 Å². The van der Waals surface area contributed by atoms with Crippen LogP contribution in [-0.2, 0) is 4.79 Å². The van der Waals surface area contributed by atoms with Crippen LogP contribution in [0.1, 0.15) is 39.0 Å². The van der Waals surface area contributed by atoms with Gasteiger partial charge in [-0.1, -0.05) is 6.92 Å². The number of hydrogen-bond acceptors (Lipinski definition) is 2. The predicted molar refractivity (Wildman–Crippen MR) is 54.1 cm³/mol. The van der Waals surface area contributed by atoms with Crippen LogP contribution in [-0.4, -0.2) is 5.78 Å². The summed E-state index contributed by atoms with van der Waals surface area (Å²) in [5.74, 6) is 6.59. The minimum Gasteiger partial charge on any atom is -0.299 e. The Morgan fingerprint density at radius 1 is 1.43 bits per heavy atom. The number of Topliss-reactive ketones (excluding diaryl/α,β-unsaturated/α-hetero) is 1. The Balaban J connectivity index is 2.54. The topological polar surface area (TPSA) is 40.9 Å². The Morgan fingerprint density at radius 2 is 2.21 bits per heavy atom. The molecule has 2 atom stereocenters. The number of hydrogen-bond donors (Lipinski definition) is 0. The monoisotopic (exact) mass is 189 g/mol. The highest BCUT2D eigenvalue weighted by atomic mass is 16.1. The van der Waals surface area contributed by atoms with Gasteiger partial charge in [-0.3, -0.25) is 4.79 Å². The summed E-state index contributed by atoms with van der Waals surface area (Å²) in [6.07, 6.45) is 3.52. The van der Waals surface area contributed by atoms with Gasteiger partial charge in [0, 0.05) is 31.6 Å². The van der Waals surface area contributed by atoms with Gasteiger partial charge in [0.25, 0.3) is 0 Å². The molecule has 0 saturated heterocycles. The zero-order valence-corrected chi connectivity index (χ0v) is 8.55. The molecule has 1 fully saturated rings. The third kappa shape index (κ3) is 2.60. The molecule has 0 amide bonds. The van der Waals surface area contributed by atoms with E-state index in [9.17, 15) is 4.79 Å². The maximum absolute atomic E-state index is 11.5. The van der Waals surface area contributed by atoms with Crippen LogP contribution < -0.4 is 0 Å². The third-order valence-electron chi connectivity index (χ3n) is 2.72. The second-order valence-electron chi connectivity index (χ2n) is 3.65. The molecule has 1 saturated carbocycles. The van der Waals surface area contributed by atoms with Gasteiger partial charge < -0.3 is 0 Å². The maximum atomic E-state index is 11.5. The minimum atomic E-state index is 0.0358.